The molecule has 0 bridgehead atoms. The number of carbonyl (C=O) groups is 1. The summed E-state index contributed by atoms with van der Waals surface area (Å²) in [4.78, 5) is 14.2. The summed E-state index contributed by atoms with van der Waals surface area (Å²) in [5.74, 6) is 0.608. The average Bonchev–Trinajstić information content (AvgIpc) is 3.24. The number of benzene rings is 1. The standard InChI is InChI=1S/C17H16ClN3O3/c1-11(2)21(17(22)13-7-8-23-10-13)9-15-19-20-16(24-15)12-3-5-14(18)6-4-12/h3-8,10-11H,9H2,1-2H3. The van der Waals surface area contributed by atoms with Crippen LogP contribution in [0.15, 0.2) is 51.7 Å². The van der Waals surface area contributed by atoms with Crippen molar-refractivity contribution in [1.82, 2.24) is 15.1 Å². The largest absolute Gasteiger partial charge is 0.472 e. The number of rotatable bonds is 5. The van der Waals surface area contributed by atoms with Gasteiger partial charge >= 0.3 is 0 Å². The first-order valence-corrected chi connectivity index (χ1v) is 7.84. The molecule has 6 nitrogen and oxygen atoms in total. The number of carbonyl (C=O) groups excluding carboxylic acids is 1. The normalized spacial score (nSPS) is 11.0. The molecular weight excluding hydrogens is 330 g/mol. The van der Waals surface area contributed by atoms with Crippen molar-refractivity contribution in [2.24, 2.45) is 0 Å². The molecule has 3 rings (SSSR count). The highest BCUT2D eigenvalue weighted by Gasteiger charge is 2.22. The van der Waals surface area contributed by atoms with Gasteiger partial charge in [-0.3, -0.25) is 4.79 Å². The highest BCUT2D eigenvalue weighted by Crippen LogP contribution is 2.21. The average molecular weight is 346 g/mol. The van der Waals surface area contributed by atoms with Gasteiger partial charge in [0.2, 0.25) is 11.8 Å². The van der Waals surface area contributed by atoms with Crippen molar-refractivity contribution >= 4 is 17.5 Å². The van der Waals surface area contributed by atoms with Crippen LogP contribution in [0.4, 0.5) is 0 Å². The van der Waals surface area contributed by atoms with Crippen molar-refractivity contribution in [3.05, 3.63) is 59.3 Å². The number of aromatic nitrogens is 2. The number of furan rings is 1. The van der Waals surface area contributed by atoms with Crippen molar-refractivity contribution in [3.63, 3.8) is 0 Å². The second kappa shape index (κ2) is 6.88. The molecule has 124 valence electrons. The van der Waals surface area contributed by atoms with Crippen LogP contribution < -0.4 is 0 Å². The molecule has 3 aromatic rings. The van der Waals surface area contributed by atoms with Gasteiger partial charge in [-0.15, -0.1) is 10.2 Å². The van der Waals surface area contributed by atoms with E-state index < -0.39 is 0 Å². The molecule has 0 spiro atoms. The first-order valence-electron chi connectivity index (χ1n) is 7.46. The molecule has 0 atom stereocenters. The number of nitrogens with zero attached hydrogens (tertiary/aromatic N) is 3. The van der Waals surface area contributed by atoms with Crippen LogP contribution in [0.2, 0.25) is 5.02 Å². The van der Waals surface area contributed by atoms with E-state index >= 15 is 0 Å². The van der Waals surface area contributed by atoms with E-state index in [0.717, 1.165) is 5.56 Å². The molecule has 24 heavy (non-hydrogen) atoms. The smallest absolute Gasteiger partial charge is 0.257 e. The highest BCUT2D eigenvalue weighted by molar-refractivity contribution is 6.30. The van der Waals surface area contributed by atoms with Gasteiger partial charge in [-0.1, -0.05) is 11.6 Å². The number of amides is 1. The van der Waals surface area contributed by atoms with Gasteiger partial charge in [0, 0.05) is 16.6 Å². The van der Waals surface area contributed by atoms with E-state index in [1.165, 1.54) is 12.5 Å². The van der Waals surface area contributed by atoms with Gasteiger partial charge in [0.1, 0.15) is 6.26 Å². The fourth-order valence-corrected chi connectivity index (χ4v) is 2.34. The Morgan fingerprint density at radius 1 is 1.21 bits per heavy atom. The summed E-state index contributed by atoms with van der Waals surface area (Å²) in [5.41, 5.74) is 1.26. The number of halogens is 1. The summed E-state index contributed by atoms with van der Waals surface area (Å²) in [5, 5.41) is 8.70. The third-order valence-corrected chi connectivity index (χ3v) is 3.77. The van der Waals surface area contributed by atoms with Gasteiger partial charge in [0.25, 0.3) is 5.91 Å². The Balaban J connectivity index is 1.79. The first-order chi connectivity index (χ1) is 11.5. The number of hydrogen-bond donors (Lipinski definition) is 0. The van der Waals surface area contributed by atoms with Crippen LogP contribution >= 0.6 is 11.6 Å². The van der Waals surface area contributed by atoms with E-state index in [1.54, 1.807) is 35.2 Å². The molecule has 0 saturated heterocycles. The van der Waals surface area contributed by atoms with Gasteiger partial charge in [-0.25, -0.2) is 0 Å². The highest BCUT2D eigenvalue weighted by atomic mass is 35.5. The molecule has 2 aromatic heterocycles. The molecule has 0 saturated carbocycles. The Bertz CT molecular complexity index is 810. The van der Waals surface area contributed by atoms with E-state index in [9.17, 15) is 4.79 Å². The summed E-state index contributed by atoms with van der Waals surface area (Å²) >= 11 is 5.87. The first kappa shape index (κ1) is 16.3. The Morgan fingerprint density at radius 3 is 2.58 bits per heavy atom. The summed E-state index contributed by atoms with van der Waals surface area (Å²) in [6, 6.07) is 8.71. The third kappa shape index (κ3) is 3.49. The van der Waals surface area contributed by atoms with Gasteiger partial charge in [0.05, 0.1) is 18.4 Å². The Hall–Kier alpha value is -2.60. The fourth-order valence-electron chi connectivity index (χ4n) is 2.21. The van der Waals surface area contributed by atoms with Crippen molar-refractivity contribution < 1.29 is 13.6 Å². The lowest BCUT2D eigenvalue weighted by atomic mass is 10.2. The van der Waals surface area contributed by atoms with Crippen LogP contribution in [0, 0.1) is 0 Å². The molecule has 7 heteroatoms. The molecule has 0 aliphatic carbocycles. The van der Waals surface area contributed by atoms with E-state index in [4.69, 9.17) is 20.4 Å². The number of hydrogen-bond acceptors (Lipinski definition) is 5. The van der Waals surface area contributed by atoms with Crippen molar-refractivity contribution in [2.75, 3.05) is 0 Å². The minimum atomic E-state index is -0.148. The maximum atomic E-state index is 12.5. The van der Waals surface area contributed by atoms with Crippen molar-refractivity contribution in [1.29, 1.82) is 0 Å². The maximum absolute atomic E-state index is 12.5. The van der Waals surface area contributed by atoms with Crippen LogP contribution in [0.5, 0.6) is 0 Å². The summed E-state index contributed by atoms with van der Waals surface area (Å²) in [6.07, 6.45) is 2.89. The Kier molecular flexibility index (Phi) is 4.66. The lowest BCUT2D eigenvalue weighted by molar-refractivity contribution is 0.0671. The second-order valence-corrected chi connectivity index (χ2v) is 5.98. The topological polar surface area (TPSA) is 72.4 Å². The SMILES string of the molecule is CC(C)N(Cc1nnc(-c2ccc(Cl)cc2)o1)C(=O)c1ccoc1. The molecule has 0 radical (unpaired) electrons. The van der Waals surface area contributed by atoms with E-state index in [1.807, 2.05) is 13.8 Å². The van der Waals surface area contributed by atoms with Crippen molar-refractivity contribution in [3.8, 4) is 11.5 Å². The zero-order valence-corrected chi connectivity index (χ0v) is 14.0. The fraction of sp³-hybridized carbons (Fsp3) is 0.235. The molecule has 0 unspecified atom stereocenters. The third-order valence-electron chi connectivity index (χ3n) is 3.52. The van der Waals surface area contributed by atoms with Gasteiger partial charge in [0.15, 0.2) is 0 Å². The van der Waals surface area contributed by atoms with E-state index in [0.29, 0.717) is 22.4 Å². The summed E-state index contributed by atoms with van der Waals surface area (Å²) < 4.78 is 10.7. The predicted octanol–water partition coefficient (Wildman–Crippen LogP) is 4.03. The van der Waals surface area contributed by atoms with Crippen LogP contribution in [0.1, 0.15) is 30.1 Å². The Morgan fingerprint density at radius 2 is 1.96 bits per heavy atom. The molecule has 2 heterocycles. The lowest BCUT2D eigenvalue weighted by Crippen LogP contribution is -2.36. The van der Waals surface area contributed by atoms with Crippen LogP contribution in [-0.4, -0.2) is 27.0 Å². The summed E-state index contributed by atoms with van der Waals surface area (Å²) in [6.45, 7) is 4.07. The monoisotopic (exact) mass is 345 g/mol. The predicted molar refractivity (Wildman–Crippen MR) is 88.5 cm³/mol. The minimum absolute atomic E-state index is 0.0294. The molecule has 0 aliphatic heterocycles. The van der Waals surface area contributed by atoms with Gasteiger partial charge < -0.3 is 13.7 Å². The zero-order valence-electron chi connectivity index (χ0n) is 13.3. The van der Waals surface area contributed by atoms with Gasteiger partial charge in [-0.05, 0) is 44.2 Å². The molecule has 0 aliphatic rings. The van der Waals surface area contributed by atoms with Crippen molar-refractivity contribution in [2.45, 2.75) is 26.4 Å². The summed E-state index contributed by atoms with van der Waals surface area (Å²) in [7, 11) is 0. The zero-order chi connectivity index (χ0) is 17.1. The lowest BCUT2D eigenvalue weighted by Gasteiger charge is -2.24. The molecule has 1 amide bonds. The van der Waals surface area contributed by atoms with E-state index in [-0.39, 0.29) is 18.5 Å². The minimum Gasteiger partial charge on any atom is -0.472 e. The van der Waals surface area contributed by atoms with Crippen LogP contribution in [0.3, 0.4) is 0 Å². The van der Waals surface area contributed by atoms with Crippen LogP contribution in [-0.2, 0) is 6.54 Å². The van der Waals surface area contributed by atoms with Crippen LogP contribution in [0.25, 0.3) is 11.5 Å². The Labute approximate surface area is 144 Å². The quantitative estimate of drug-likeness (QED) is 0.698. The maximum Gasteiger partial charge on any atom is 0.257 e. The molecule has 0 N–H and O–H groups in total. The van der Waals surface area contributed by atoms with E-state index in [2.05, 4.69) is 10.2 Å². The molecule has 1 aromatic carbocycles. The van der Waals surface area contributed by atoms with Gasteiger partial charge in [-0.2, -0.15) is 0 Å². The second-order valence-electron chi connectivity index (χ2n) is 5.55. The molecule has 0 fully saturated rings. The molecular formula is C17H16ClN3O3.